The van der Waals surface area contributed by atoms with Gasteiger partial charge in [0, 0.05) is 67.4 Å². The molecule has 0 aliphatic carbocycles. The van der Waals surface area contributed by atoms with Gasteiger partial charge in [0.05, 0.1) is 73.3 Å². The summed E-state index contributed by atoms with van der Waals surface area (Å²) < 4.78 is 72.0. The predicted molar refractivity (Wildman–Crippen MR) is 613 cm³/mol. The maximum absolute atomic E-state index is 17.2. The first-order chi connectivity index (χ1) is 73.1. The Labute approximate surface area is 888 Å². The molecule has 16 nitrogen and oxygen atoms in total. The second-order valence-corrected chi connectivity index (χ2v) is 42.0. The van der Waals surface area contributed by atoms with E-state index >= 15 is 19.2 Å². The Morgan fingerprint density at radius 1 is 0.169 bits per heavy atom. The van der Waals surface area contributed by atoms with Crippen molar-refractivity contribution in [2.24, 2.45) is 0 Å². The number of hydrogen-bond donors (Lipinski definition) is 0. The van der Waals surface area contributed by atoms with Gasteiger partial charge in [-0.1, -0.05) is 461 Å². The van der Waals surface area contributed by atoms with Gasteiger partial charge in [0.1, 0.15) is 46.0 Å². The zero-order chi connectivity index (χ0) is 103. The largest absolute Gasteiger partial charge is 0.489 e. The van der Waals surface area contributed by atoms with E-state index in [1.807, 2.05) is 121 Å². The van der Waals surface area contributed by atoms with Crippen LogP contribution in [0.5, 0.6) is 80.5 Å². The van der Waals surface area contributed by atoms with Crippen molar-refractivity contribution in [1.29, 1.82) is 0 Å². The number of benzene rings is 11. The van der Waals surface area contributed by atoms with Crippen LogP contribution in [0.15, 0.2) is 170 Å². The van der Waals surface area contributed by atoms with Crippen LogP contribution in [0.2, 0.25) is 0 Å². The molecule has 0 saturated carbocycles. The number of hydrogen-bond acceptors (Lipinski definition) is 14. The van der Waals surface area contributed by atoms with Crippen molar-refractivity contribution in [2.75, 3.05) is 49.4 Å². The number of nitrogens with zero attached hydrogens (tertiary/aromatic N) is 2. The van der Waals surface area contributed by atoms with Gasteiger partial charge in [-0.15, -0.1) is 0 Å². The number of ether oxygens (including phenoxy) is 10. The number of rotatable bonds is 82. The fourth-order valence-corrected chi connectivity index (χ4v) is 21.5. The SMILES string of the molecule is CCCCCCCCCCCCOc1cc(N2C(=O)c3cc(Oc4ccccc4)c4c5c(Oc6ccccc6)cc6c7c(cc(Oc8ccccc8)c(c8c(Oc9ccccc9)cc(c3c48)C2=O)c75)C(=O)N(c2cc(OCCCCCCCCCCCC)c(OCCCCCCCCCCCC)c(OCCCCCCCCCCCC)c2)C6=O)cc(OCCCCCCCCCCCC)c1OCCCCCCCCCCCC. The first-order valence-corrected chi connectivity index (χ1v) is 59.3. The number of carbonyl (C=O) groups excluding carboxylic acids is 4. The van der Waals surface area contributed by atoms with Crippen LogP contribution in [-0.4, -0.2) is 63.3 Å². The zero-order valence-corrected chi connectivity index (χ0v) is 91.4. The maximum atomic E-state index is 17.2. The zero-order valence-electron chi connectivity index (χ0n) is 91.4. The molecule has 0 saturated heterocycles. The van der Waals surface area contributed by atoms with E-state index in [9.17, 15) is 0 Å². The van der Waals surface area contributed by atoms with E-state index in [1.165, 1.54) is 254 Å². The van der Waals surface area contributed by atoms with Gasteiger partial charge < -0.3 is 47.4 Å². The fourth-order valence-electron chi connectivity index (χ4n) is 21.5. The number of carbonyl (C=O) groups is 4. The van der Waals surface area contributed by atoms with Crippen molar-refractivity contribution < 1.29 is 66.5 Å². The number of fused-ring (bicyclic) bond motifs is 2. The minimum atomic E-state index is -0.632. The van der Waals surface area contributed by atoms with E-state index in [-0.39, 0.29) is 56.6 Å². The van der Waals surface area contributed by atoms with Crippen LogP contribution < -0.4 is 57.2 Å². The van der Waals surface area contributed by atoms with Crippen LogP contribution in [0.1, 0.15) is 468 Å². The Hall–Kier alpha value is -11.0. The molecule has 4 amide bonds. The monoisotopic (exact) mass is 2020 g/mol. The van der Waals surface area contributed by atoms with Crippen LogP contribution in [0.4, 0.5) is 11.4 Å². The van der Waals surface area contributed by atoms with E-state index in [0.717, 1.165) is 141 Å². The number of para-hydroxylation sites is 4. The molecule has 0 N–H and O–H groups in total. The molecule has 13 rings (SSSR count). The molecule has 2 heterocycles. The van der Waals surface area contributed by atoms with Gasteiger partial charge >= 0.3 is 0 Å². The minimum absolute atomic E-state index is 0.147. The fraction of sp³-hybridized carbons (Fsp3) is 0.545. The highest BCUT2D eigenvalue weighted by Gasteiger charge is 2.44. The molecule has 0 spiro atoms. The lowest BCUT2D eigenvalue weighted by atomic mass is 9.80. The van der Waals surface area contributed by atoms with E-state index < -0.39 is 23.6 Å². The molecule has 0 aromatic heterocycles. The van der Waals surface area contributed by atoms with Crippen molar-refractivity contribution in [3.8, 4) is 80.5 Å². The van der Waals surface area contributed by atoms with Gasteiger partial charge in [-0.3, -0.25) is 19.2 Å². The summed E-state index contributed by atoms with van der Waals surface area (Å²) in [5, 5.41) is 3.02. The van der Waals surface area contributed by atoms with Crippen molar-refractivity contribution in [3.05, 3.63) is 192 Å². The third kappa shape index (κ3) is 34.0. The lowest BCUT2D eigenvalue weighted by molar-refractivity contribution is 0.0877. The number of amides is 4. The Morgan fingerprint density at radius 3 is 0.507 bits per heavy atom. The number of anilines is 2. The van der Waals surface area contributed by atoms with Gasteiger partial charge in [-0.2, -0.15) is 0 Å². The molecule has 2 aliphatic rings. The van der Waals surface area contributed by atoms with Crippen LogP contribution in [0, 0.1) is 0 Å². The van der Waals surface area contributed by atoms with Gasteiger partial charge in [-0.25, -0.2) is 9.80 Å². The molecule has 0 atom stereocenters. The normalized spacial score (nSPS) is 12.4. The topological polar surface area (TPSA) is 167 Å². The quantitative estimate of drug-likeness (QED) is 0.0153. The highest BCUT2D eigenvalue weighted by Crippen LogP contribution is 2.60. The van der Waals surface area contributed by atoms with Crippen LogP contribution in [0.25, 0.3) is 43.1 Å². The predicted octanol–water partition coefficient (Wildman–Crippen LogP) is 40.3. The highest BCUT2D eigenvalue weighted by molar-refractivity contribution is 6.48. The van der Waals surface area contributed by atoms with Crippen molar-refractivity contribution in [1.82, 2.24) is 0 Å². The third-order valence-corrected chi connectivity index (χ3v) is 29.8. The van der Waals surface area contributed by atoms with Crippen LogP contribution in [-0.2, 0) is 0 Å². The van der Waals surface area contributed by atoms with E-state index in [2.05, 4.69) is 41.5 Å². The first kappa shape index (κ1) is 114. The number of imide groups is 2. The van der Waals surface area contributed by atoms with Crippen molar-refractivity contribution in [3.63, 3.8) is 0 Å². The summed E-state index contributed by atoms with van der Waals surface area (Å²) in [6.45, 7) is 15.9. The first-order valence-electron chi connectivity index (χ1n) is 59.3. The van der Waals surface area contributed by atoms with Crippen molar-refractivity contribution in [2.45, 2.75) is 427 Å². The second kappa shape index (κ2) is 65.2. The van der Waals surface area contributed by atoms with Gasteiger partial charge in [0.15, 0.2) is 23.0 Å². The number of unbranched alkanes of at least 4 members (excludes halogenated alkanes) is 54. The Morgan fingerprint density at radius 2 is 0.331 bits per heavy atom. The molecule has 11 aromatic rings. The van der Waals surface area contributed by atoms with E-state index in [1.54, 1.807) is 48.5 Å². The second-order valence-electron chi connectivity index (χ2n) is 42.0. The average molecular weight is 2020 g/mol. The smallest absolute Gasteiger partial charge is 0.266 e. The summed E-state index contributed by atoms with van der Waals surface area (Å²) in [4.78, 5) is 71.2. The summed E-state index contributed by atoms with van der Waals surface area (Å²) in [5.41, 5.74) is 1.07. The maximum Gasteiger partial charge on any atom is 0.266 e. The summed E-state index contributed by atoms with van der Waals surface area (Å²) >= 11 is 0. The van der Waals surface area contributed by atoms with Crippen LogP contribution in [0.3, 0.4) is 0 Å². The third-order valence-electron chi connectivity index (χ3n) is 29.8. The Bertz CT molecular complexity index is 5090. The molecule has 800 valence electrons. The van der Waals surface area contributed by atoms with Crippen LogP contribution >= 0.6 is 0 Å². The summed E-state index contributed by atoms with van der Waals surface area (Å²) in [5.74, 6) is 2.51. The van der Waals surface area contributed by atoms with Gasteiger partial charge in [0.2, 0.25) is 11.5 Å². The Balaban J connectivity index is 0.977. The summed E-state index contributed by atoms with van der Waals surface area (Å²) in [7, 11) is 0. The van der Waals surface area contributed by atoms with Crippen molar-refractivity contribution >= 4 is 78.1 Å². The molecular formula is C132H178N2O14. The average Bonchev–Trinajstić information content (AvgIpc) is 0.668. The van der Waals surface area contributed by atoms with Gasteiger partial charge in [0.25, 0.3) is 23.6 Å². The molecule has 0 unspecified atom stereocenters. The lowest BCUT2D eigenvalue weighted by Gasteiger charge is -2.33. The Kier molecular flexibility index (Phi) is 50.3. The standard InChI is InChI=1S/C132H178N2O14/c1-7-13-19-25-31-37-43-49-55-73-87-139-115-93-101(94-116(140-88-74-56-50-44-38-32-26-20-14-8-2)127(115)143-91-77-59-53-47-41-35-29-23-17-11-5)133-129(135)107-97-111(145-103-79-65-61-66-80-103)121-123-113(147-105-83-69-63-70-84-105)99-109-120-110(100-114(148-106-85-71-64-72-86-106)124(126(120)123)122-112(146-104-81-67-62-68-82-104)98-108(130(133)136)119(107)125(121)122)132(138)134(131(109)137)102-95-117(141-89-75-57-51-45-39-33-27-21-15-9-3)128(144-92-78-60-54-48-42-36-30-24-18-12-6)118(96-102)142-90-76-58-52-46-40-34-28-22-16-10-4/h61-72,79-86,93-100H,7-60,73-78,87-92H2,1-6H3. The molecule has 0 radical (unpaired) electrons. The molecule has 2 aliphatic heterocycles. The summed E-state index contributed by atoms with van der Waals surface area (Å²) in [6.07, 6.45) is 69.7. The molecule has 0 bridgehead atoms. The molecule has 148 heavy (non-hydrogen) atoms. The molecule has 11 aromatic carbocycles. The van der Waals surface area contributed by atoms with E-state index in [0.29, 0.717) is 140 Å². The lowest BCUT2D eigenvalue weighted by Crippen LogP contribution is -2.41. The molecule has 16 heteroatoms. The van der Waals surface area contributed by atoms with Gasteiger partial charge in [-0.05, 0) is 111 Å². The van der Waals surface area contributed by atoms with E-state index in [4.69, 9.17) is 47.4 Å². The minimum Gasteiger partial charge on any atom is -0.489 e. The molecular weight excluding hydrogens is 1840 g/mol. The molecule has 0 fully saturated rings. The summed E-state index contributed by atoms with van der Waals surface area (Å²) in [6, 6.07) is 51.9. The highest BCUT2D eigenvalue weighted by atomic mass is 16.6.